The maximum atomic E-state index is 10.5. The summed E-state index contributed by atoms with van der Waals surface area (Å²) in [5, 5.41) is 17.7. The van der Waals surface area contributed by atoms with Crippen molar-refractivity contribution in [3.8, 4) is 0 Å². The van der Waals surface area contributed by atoms with Crippen LogP contribution in [0, 0.1) is 0 Å². The van der Waals surface area contributed by atoms with Crippen molar-refractivity contribution < 1.29 is 15.0 Å². The average molecular weight is 383 g/mol. The predicted molar refractivity (Wildman–Crippen MR) is 116 cm³/mol. The summed E-state index contributed by atoms with van der Waals surface area (Å²) in [5.41, 5.74) is 0. The number of carboxylic acids is 1. The summed E-state index contributed by atoms with van der Waals surface area (Å²) in [4.78, 5) is 10.5. The van der Waals surface area contributed by atoms with Gasteiger partial charge >= 0.3 is 5.97 Å². The molecule has 3 heteroatoms. The highest BCUT2D eigenvalue weighted by atomic mass is 16.4. The molecule has 0 bridgehead atoms. The molecule has 0 radical (unpaired) electrons. The first kappa shape index (κ1) is 26.2. The Bertz CT molecular complexity index is 339. The maximum Gasteiger partial charge on any atom is 0.332 e. The molecular formula is C24H46O3. The maximum absolute atomic E-state index is 10.5. The van der Waals surface area contributed by atoms with Crippen molar-refractivity contribution in [1.82, 2.24) is 0 Å². The molecule has 0 spiro atoms. The Labute approximate surface area is 168 Å². The van der Waals surface area contributed by atoms with Crippen molar-refractivity contribution in [1.29, 1.82) is 0 Å². The quantitative estimate of drug-likeness (QED) is 0.160. The molecule has 0 aromatic carbocycles. The van der Waals surface area contributed by atoms with Crippen LogP contribution < -0.4 is 0 Å². The molecule has 0 saturated heterocycles. The van der Waals surface area contributed by atoms with Crippen LogP contribution in [0.15, 0.2) is 12.2 Å². The van der Waals surface area contributed by atoms with E-state index >= 15 is 0 Å². The van der Waals surface area contributed by atoms with Crippen molar-refractivity contribution >= 4 is 5.97 Å². The first-order valence-electron chi connectivity index (χ1n) is 11.7. The molecule has 27 heavy (non-hydrogen) atoms. The zero-order chi connectivity index (χ0) is 20.0. The molecule has 2 N–H and O–H groups in total. The predicted octanol–water partition coefficient (Wildman–Crippen LogP) is 7.42. The molecule has 0 aliphatic heterocycles. The molecule has 0 aromatic rings. The van der Waals surface area contributed by atoms with Crippen LogP contribution >= 0.6 is 0 Å². The Kier molecular flexibility index (Phi) is 20.8. The van der Waals surface area contributed by atoms with Gasteiger partial charge in [-0.15, -0.1) is 0 Å². The van der Waals surface area contributed by atoms with E-state index < -0.39 is 12.1 Å². The van der Waals surface area contributed by atoms with Crippen molar-refractivity contribution in [2.24, 2.45) is 0 Å². The summed E-state index contributed by atoms with van der Waals surface area (Å²) >= 11 is 0. The molecule has 0 rings (SSSR count). The van der Waals surface area contributed by atoms with Crippen molar-refractivity contribution in [3.63, 3.8) is 0 Å². The highest BCUT2D eigenvalue weighted by Crippen LogP contribution is 2.13. The Morgan fingerprint density at radius 3 is 1.44 bits per heavy atom. The third-order valence-electron chi connectivity index (χ3n) is 5.27. The van der Waals surface area contributed by atoms with Crippen LogP contribution in [0.2, 0.25) is 0 Å². The number of aliphatic hydroxyl groups is 1. The number of hydrogen-bond donors (Lipinski definition) is 2. The third kappa shape index (κ3) is 21.3. The molecule has 0 aliphatic rings. The zero-order valence-electron chi connectivity index (χ0n) is 18.0. The fourth-order valence-electron chi connectivity index (χ4n) is 3.42. The second-order valence-electron chi connectivity index (χ2n) is 7.99. The number of allylic oxidation sites excluding steroid dienone is 2. The second kappa shape index (κ2) is 21.5. The van der Waals surface area contributed by atoms with E-state index in [9.17, 15) is 4.79 Å². The van der Waals surface area contributed by atoms with E-state index in [0.717, 1.165) is 32.1 Å². The molecule has 0 amide bonds. The van der Waals surface area contributed by atoms with E-state index in [1.54, 1.807) is 0 Å². The van der Waals surface area contributed by atoms with E-state index in [2.05, 4.69) is 19.1 Å². The Hall–Kier alpha value is -0.830. The number of aliphatic hydroxyl groups excluding tert-OH is 1. The van der Waals surface area contributed by atoms with Gasteiger partial charge < -0.3 is 10.2 Å². The highest BCUT2D eigenvalue weighted by molar-refractivity contribution is 5.71. The molecule has 0 saturated carbocycles. The molecular weight excluding hydrogens is 336 g/mol. The van der Waals surface area contributed by atoms with Gasteiger partial charge in [-0.05, 0) is 32.1 Å². The number of hydrogen-bond acceptors (Lipinski definition) is 2. The van der Waals surface area contributed by atoms with Crippen LogP contribution in [0.1, 0.15) is 129 Å². The molecule has 0 aliphatic carbocycles. The van der Waals surface area contributed by atoms with Crippen LogP contribution in [0.3, 0.4) is 0 Å². The monoisotopic (exact) mass is 382 g/mol. The topological polar surface area (TPSA) is 57.5 Å². The fraction of sp³-hybridized carbons (Fsp3) is 0.875. The number of rotatable bonds is 21. The smallest absolute Gasteiger partial charge is 0.332 e. The normalized spacial score (nSPS) is 12.7. The first-order chi connectivity index (χ1) is 13.2. The Morgan fingerprint density at radius 2 is 1.04 bits per heavy atom. The van der Waals surface area contributed by atoms with Gasteiger partial charge in [0.1, 0.15) is 0 Å². The molecule has 0 aromatic heterocycles. The summed E-state index contributed by atoms with van der Waals surface area (Å²) in [6.07, 6.45) is 27.1. The van der Waals surface area contributed by atoms with Gasteiger partial charge in [0.2, 0.25) is 0 Å². The summed E-state index contributed by atoms with van der Waals surface area (Å²) < 4.78 is 0. The second-order valence-corrected chi connectivity index (χ2v) is 7.99. The van der Waals surface area contributed by atoms with Crippen molar-refractivity contribution in [2.45, 2.75) is 135 Å². The summed E-state index contributed by atoms with van der Waals surface area (Å²) in [6, 6.07) is 0. The summed E-state index contributed by atoms with van der Waals surface area (Å²) in [6.45, 7) is 2.28. The minimum Gasteiger partial charge on any atom is -0.479 e. The molecule has 1 atom stereocenters. The van der Waals surface area contributed by atoms with Crippen LogP contribution in [0.5, 0.6) is 0 Å². The molecule has 0 unspecified atom stereocenters. The standard InChI is InChI=1S/C24H46O3/c1-2-3-4-5-6-7-8-9-10-11-12-13-14-15-16-17-18-19-20-21-22-23(25)24(26)27/h15-16,23,25H,2-14,17-22H2,1H3,(H,26,27)/t23-/m1/s1. The fourth-order valence-corrected chi connectivity index (χ4v) is 3.42. The van der Waals surface area contributed by atoms with Gasteiger partial charge in [-0.25, -0.2) is 4.79 Å². The Balaban J connectivity index is 3.14. The number of unbranched alkanes of at least 4 members (excludes halogenated alkanes) is 16. The van der Waals surface area contributed by atoms with Crippen molar-refractivity contribution in [3.05, 3.63) is 12.2 Å². The van der Waals surface area contributed by atoms with Gasteiger partial charge in [0.05, 0.1) is 0 Å². The lowest BCUT2D eigenvalue weighted by Crippen LogP contribution is -2.18. The van der Waals surface area contributed by atoms with E-state index in [4.69, 9.17) is 10.2 Å². The van der Waals surface area contributed by atoms with Gasteiger partial charge in [0.15, 0.2) is 6.10 Å². The average Bonchev–Trinajstić information content (AvgIpc) is 2.66. The number of carbonyl (C=O) groups is 1. The highest BCUT2D eigenvalue weighted by Gasteiger charge is 2.11. The first-order valence-corrected chi connectivity index (χ1v) is 11.7. The van der Waals surface area contributed by atoms with Crippen LogP contribution in [-0.4, -0.2) is 22.3 Å². The van der Waals surface area contributed by atoms with Crippen molar-refractivity contribution in [2.75, 3.05) is 0 Å². The van der Waals surface area contributed by atoms with Gasteiger partial charge in [0.25, 0.3) is 0 Å². The van der Waals surface area contributed by atoms with E-state index in [1.807, 2.05) is 0 Å². The van der Waals surface area contributed by atoms with E-state index in [-0.39, 0.29) is 0 Å². The third-order valence-corrected chi connectivity index (χ3v) is 5.27. The largest absolute Gasteiger partial charge is 0.479 e. The van der Waals surface area contributed by atoms with Gasteiger partial charge in [-0.2, -0.15) is 0 Å². The van der Waals surface area contributed by atoms with E-state index in [1.165, 1.54) is 83.5 Å². The lowest BCUT2D eigenvalue weighted by Gasteiger charge is -2.04. The van der Waals surface area contributed by atoms with Crippen LogP contribution in [0.25, 0.3) is 0 Å². The SMILES string of the molecule is CCCCCCCCCCCCCCC=CCCCCCC[C@@H](O)C(=O)O. The lowest BCUT2D eigenvalue weighted by atomic mass is 10.0. The molecule has 3 nitrogen and oxygen atoms in total. The minimum absolute atomic E-state index is 0.379. The molecule has 160 valence electrons. The molecule has 0 fully saturated rings. The Morgan fingerprint density at radius 1 is 0.667 bits per heavy atom. The minimum atomic E-state index is -1.18. The summed E-state index contributed by atoms with van der Waals surface area (Å²) in [5.74, 6) is -1.10. The zero-order valence-corrected chi connectivity index (χ0v) is 18.0. The number of carboxylic acid groups (broad SMARTS) is 1. The van der Waals surface area contributed by atoms with Gasteiger partial charge in [0, 0.05) is 0 Å². The van der Waals surface area contributed by atoms with Crippen LogP contribution in [0.4, 0.5) is 0 Å². The summed E-state index contributed by atoms with van der Waals surface area (Å²) in [7, 11) is 0. The van der Waals surface area contributed by atoms with E-state index in [0.29, 0.717) is 6.42 Å². The van der Waals surface area contributed by atoms with Crippen LogP contribution in [-0.2, 0) is 4.79 Å². The van der Waals surface area contributed by atoms with Gasteiger partial charge in [-0.3, -0.25) is 0 Å². The molecule has 0 heterocycles. The number of aliphatic carboxylic acids is 1. The van der Waals surface area contributed by atoms with Gasteiger partial charge in [-0.1, -0.05) is 109 Å². The lowest BCUT2D eigenvalue weighted by molar-refractivity contribution is -0.146.